The predicted molar refractivity (Wildman–Crippen MR) is 284 cm³/mol. The Kier molecular flexibility index (Phi) is 23.4. The molecule has 74 heavy (non-hydrogen) atoms. The molecule has 6 rings (SSSR count). The molecule has 0 radical (unpaired) electrons. The molecule has 4 aliphatic carbocycles. The summed E-state index contributed by atoms with van der Waals surface area (Å²) >= 11 is 0. The fourth-order valence-electron chi connectivity index (χ4n) is 14.6. The van der Waals surface area contributed by atoms with Crippen molar-refractivity contribution in [2.24, 2.45) is 58.2 Å². The van der Waals surface area contributed by atoms with E-state index in [0.717, 1.165) is 61.2 Å². The van der Waals surface area contributed by atoms with Crippen LogP contribution in [0.4, 0.5) is 4.79 Å². The molecule has 2 saturated heterocycles. The second-order valence-corrected chi connectivity index (χ2v) is 24.9. The maximum atomic E-state index is 13.0. The van der Waals surface area contributed by atoms with Crippen molar-refractivity contribution in [1.29, 1.82) is 0 Å². The van der Waals surface area contributed by atoms with Crippen molar-refractivity contribution in [2.45, 2.75) is 266 Å². The summed E-state index contributed by atoms with van der Waals surface area (Å²) in [4.78, 5) is 25.8. The summed E-state index contributed by atoms with van der Waals surface area (Å²) in [7, 11) is 0. The van der Waals surface area contributed by atoms with Crippen LogP contribution in [-0.2, 0) is 38.0 Å². The summed E-state index contributed by atoms with van der Waals surface area (Å²) in [6.07, 6.45) is 10.7. The van der Waals surface area contributed by atoms with Gasteiger partial charge in [-0.05, 0) is 137 Å². The number of rotatable bonds is 27. The molecule has 21 atom stereocenters. The van der Waals surface area contributed by atoms with E-state index in [0.29, 0.717) is 57.0 Å². The third kappa shape index (κ3) is 15.5. The zero-order valence-electron chi connectivity index (χ0n) is 47.6. The lowest BCUT2D eigenvalue weighted by atomic mass is 9.47. The van der Waals surface area contributed by atoms with Crippen LogP contribution in [0.1, 0.15) is 192 Å². The smallest absolute Gasteiger partial charge is 0.407 e. The summed E-state index contributed by atoms with van der Waals surface area (Å²) in [5.41, 5.74) is 2.20. The first-order valence-electron chi connectivity index (χ1n) is 29.7. The van der Waals surface area contributed by atoms with E-state index in [1.165, 1.54) is 56.9 Å². The van der Waals surface area contributed by atoms with Crippen LogP contribution < -0.4 is 10.6 Å². The Hall–Kier alpha value is -1.92. The number of nitrogens with one attached hydrogen (secondary N) is 2. The van der Waals surface area contributed by atoms with Gasteiger partial charge in [-0.2, -0.15) is 0 Å². The molecule has 428 valence electrons. The number of carbonyl (C=O) groups is 2. The van der Waals surface area contributed by atoms with Gasteiger partial charge in [0.2, 0.25) is 5.91 Å². The molecule has 0 aromatic heterocycles. The molecule has 15 heteroatoms. The van der Waals surface area contributed by atoms with Crippen LogP contribution in [0, 0.1) is 58.2 Å². The molecule has 3 saturated carbocycles. The van der Waals surface area contributed by atoms with Crippen molar-refractivity contribution in [3.63, 3.8) is 0 Å². The van der Waals surface area contributed by atoms with Crippen molar-refractivity contribution < 1.29 is 63.2 Å². The Morgan fingerprint density at radius 2 is 1.61 bits per heavy atom. The van der Waals surface area contributed by atoms with Gasteiger partial charge in [0, 0.05) is 44.2 Å². The van der Waals surface area contributed by atoms with Crippen LogP contribution in [-0.4, -0.2) is 133 Å². The SMILES string of the molecule is CCC1OC(OC(C)C(C)C(CC)OC(COC2OC(C)C(O)C(O)C2O)OCCCNC(=O)CCCCNC(=O)OC2CCC3(C)C(=CCC4C3CCC3(C)C(C(C)CCCC(C)C)CCC43)C2)CC(O)C1C. The lowest BCUT2D eigenvalue weighted by molar-refractivity contribution is -0.312. The van der Waals surface area contributed by atoms with Crippen molar-refractivity contribution in [3.8, 4) is 0 Å². The van der Waals surface area contributed by atoms with Crippen LogP contribution in [0.5, 0.6) is 0 Å². The Labute approximate surface area is 446 Å². The van der Waals surface area contributed by atoms with Gasteiger partial charge in [0.1, 0.15) is 31.0 Å². The highest BCUT2D eigenvalue weighted by atomic mass is 16.7. The first-order chi connectivity index (χ1) is 35.2. The van der Waals surface area contributed by atoms with Gasteiger partial charge in [-0.25, -0.2) is 4.79 Å². The fraction of sp³-hybridized carbons (Fsp3) is 0.932. The molecule has 5 fully saturated rings. The minimum absolute atomic E-state index is 0.0239. The molecular formula is C59H104N2O13. The number of aliphatic hydroxyl groups excluding tert-OH is 4. The van der Waals surface area contributed by atoms with E-state index in [4.69, 9.17) is 33.2 Å². The van der Waals surface area contributed by atoms with Crippen LogP contribution in [0.25, 0.3) is 0 Å². The average molecular weight is 1050 g/mol. The monoisotopic (exact) mass is 1050 g/mol. The normalized spacial score (nSPS) is 38.1. The predicted octanol–water partition coefficient (Wildman–Crippen LogP) is 9.34. The van der Waals surface area contributed by atoms with E-state index in [9.17, 15) is 30.0 Å². The van der Waals surface area contributed by atoms with E-state index in [-0.39, 0.29) is 66.9 Å². The highest BCUT2D eigenvalue weighted by molar-refractivity contribution is 5.75. The second kappa shape index (κ2) is 28.3. The Bertz CT molecular complexity index is 1750. The first kappa shape index (κ1) is 61.3. The number of hydrogen-bond acceptors (Lipinski definition) is 13. The third-order valence-corrected chi connectivity index (χ3v) is 19.6. The summed E-state index contributed by atoms with van der Waals surface area (Å²) in [5, 5.41) is 47.7. The summed E-state index contributed by atoms with van der Waals surface area (Å²) in [6, 6.07) is 0. The van der Waals surface area contributed by atoms with Crippen LogP contribution in [0.15, 0.2) is 11.6 Å². The van der Waals surface area contributed by atoms with E-state index in [1.54, 1.807) is 6.92 Å². The highest BCUT2D eigenvalue weighted by Crippen LogP contribution is 2.67. The first-order valence-corrected chi connectivity index (χ1v) is 29.7. The standard InChI is InChI=1S/C59H104N2O13/c1-12-48(37(6)39(8)70-51-33-47(62)38(7)49(13-2)73-51)74-52(34-69-56-55(66)54(65)53(64)40(9)71-56)68-31-17-30-60-50(63)20-14-15-29-61-57(67)72-42-25-27-58(10)41(32-42)21-22-43-45-24-23-44(36(5)19-16-18-35(3)4)59(45,11)28-26-46(43)58/h21,35-40,42-49,51-56,62,64-66H,12-20,22-34H2,1-11H3,(H,60,63)(H,61,67). The number of hydrogen-bond donors (Lipinski definition) is 6. The third-order valence-electron chi connectivity index (χ3n) is 19.6. The number of aliphatic hydroxyl groups is 4. The number of unbranched alkanes of at least 4 members (excludes halogenated alkanes) is 1. The summed E-state index contributed by atoms with van der Waals surface area (Å²) in [5.74, 6) is 4.61. The molecule has 6 N–H and O–H groups in total. The van der Waals surface area contributed by atoms with Gasteiger partial charge in [0.05, 0.1) is 37.1 Å². The van der Waals surface area contributed by atoms with Gasteiger partial charge in [-0.1, -0.05) is 93.2 Å². The minimum Gasteiger partial charge on any atom is -0.446 e. The minimum atomic E-state index is -1.48. The Balaban J connectivity index is 0.880. The second-order valence-electron chi connectivity index (χ2n) is 24.9. The molecule has 6 aliphatic rings. The van der Waals surface area contributed by atoms with Gasteiger partial charge in [0.25, 0.3) is 0 Å². The largest absolute Gasteiger partial charge is 0.446 e. The molecular weight excluding hydrogens is 945 g/mol. The molecule has 21 unspecified atom stereocenters. The van der Waals surface area contributed by atoms with Crippen molar-refractivity contribution in [3.05, 3.63) is 11.6 Å². The highest BCUT2D eigenvalue weighted by Gasteiger charge is 2.59. The van der Waals surface area contributed by atoms with Gasteiger partial charge in [-0.15, -0.1) is 0 Å². The molecule has 0 aromatic rings. The zero-order valence-corrected chi connectivity index (χ0v) is 47.6. The van der Waals surface area contributed by atoms with Crippen LogP contribution in [0.2, 0.25) is 0 Å². The number of carbonyl (C=O) groups excluding carboxylic acids is 2. The molecule has 15 nitrogen and oxygen atoms in total. The van der Waals surface area contributed by atoms with Crippen LogP contribution in [0.3, 0.4) is 0 Å². The van der Waals surface area contributed by atoms with Crippen LogP contribution >= 0.6 is 0 Å². The van der Waals surface area contributed by atoms with Gasteiger partial charge in [0.15, 0.2) is 18.9 Å². The molecule has 2 amide bonds. The molecule has 2 heterocycles. The summed E-state index contributed by atoms with van der Waals surface area (Å²) in [6.45, 7) is 24.9. The lowest BCUT2D eigenvalue weighted by Gasteiger charge is -2.58. The maximum Gasteiger partial charge on any atom is 0.407 e. The Morgan fingerprint density at radius 3 is 2.34 bits per heavy atom. The van der Waals surface area contributed by atoms with E-state index in [2.05, 4.69) is 51.3 Å². The summed E-state index contributed by atoms with van der Waals surface area (Å²) < 4.78 is 42.8. The molecule has 0 spiro atoms. The average Bonchev–Trinajstić information content (AvgIpc) is 3.73. The topological polar surface area (TPSA) is 204 Å². The quantitative estimate of drug-likeness (QED) is 0.0258. The lowest BCUT2D eigenvalue weighted by Crippen LogP contribution is -2.57. The number of fused-ring (bicyclic) bond motifs is 5. The Morgan fingerprint density at radius 1 is 0.851 bits per heavy atom. The fourth-order valence-corrected chi connectivity index (χ4v) is 14.6. The number of alkyl carbamates (subject to hydrolysis) is 1. The van der Waals surface area contributed by atoms with Crippen molar-refractivity contribution in [1.82, 2.24) is 10.6 Å². The van der Waals surface area contributed by atoms with Gasteiger partial charge >= 0.3 is 6.09 Å². The van der Waals surface area contributed by atoms with Crippen molar-refractivity contribution in [2.75, 3.05) is 26.3 Å². The van der Waals surface area contributed by atoms with Crippen molar-refractivity contribution >= 4 is 12.0 Å². The maximum absolute atomic E-state index is 13.0. The van der Waals surface area contributed by atoms with E-state index < -0.39 is 49.4 Å². The zero-order chi connectivity index (χ0) is 53.9. The molecule has 2 aliphatic heterocycles. The van der Waals surface area contributed by atoms with E-state index >= 15 is 0 Å². The molecule has 0 bridgehead atoms. The van der Waals surface area contributed by atoms with E-state index in [1.807, 2.05) is 34.6 Å². The number of amides is 2. The molecule has 0 aromatic carbocycles. The number of allylic oxidation sites excluding steroid dienone is 1. The van der Waals surface area contributed by atoms with Gasteiger partial charge < -0.3 is 64.2 Å². The number of ether oxygens (including phenoxy) is 7. The van der Waals surface area contributed by atoms with Gasteiger partial charge in [-0.3, -0.25) is 4.79 Å².